The summed E-state index contributed by atoms with van der Waals surface area (Å²) in [7, 11) is 0. The van der Waals surface area contributed by atoms with Crippen LogP contribution < -0.4 is 0 Å². The van der Waals surface area contributed by atoms with Crippen molar-refractivity contribution in [1.82, 2.24) is 14.7 Å². The van der Waals surface area contributed by atoms with E-state index in [0.717, 1.165) is 41.1 Å². The van der Waals surface area contributed by atoms with E-state index in [1.54, 1.807) is 0 Å². The Bertz CT molecular complexity index is 380. The highest BCUT2D eigenvalue weighted by Crippen LogP contribution is 2.13. The van der Waals surface area contributed by atoms with Crippen molar-refractivity contribution in [2.45, 2.75) is 19.7 Å². The van der Waals surface area contributed by atoms with Gasteiger partial charge in [-0.2, -0.15) is 5.10 Å². The van der Waals surface area contributed by atoms with Crippen molar-refractivity contribution in [2.24, 2.45) is 0 Å². The molecule has 2 rings (SSSR count). The predicted octanol–water partition coefficient (Wildman–Crippen LogP) is -1.48. The fourth-order valence-corrected chi connectivity index (χ4v) is 2.49. The molecular formula is C8H13Al2N3O2. The lowest BCUT2D eigenvalue weighted by Gasteiger charge is -2.27. The lowest BCUT2D eigenvalue weighted by Crippen LogP contribution is -2.37. The van der Waals surface area contributed by atoms with Gasteiger partial charge in [0.1, 0.15) is 4.77 Å². The van der Waals surface area contributed by atoms with Crippen LogP contribution in [-0.2, 0) is 23.5 Å². The minimum atomic E-state index is 0.267. The Morgan fingerprint density at radius 1 is 1.60 bits per heavy atom. The van der Waals surface area contributed by atoms with E-state index in [9.17, 15) is 4.79 Å². The van der Waals surface area contributed by atoms with Crippen LogP contribution in [0, 0.1) is 0 Å². The molecule has 0 fully saturated rings. The fourth-order valence-electron chi connectivity index (χ4n) is 1.81. The van der Waals surface area contributed by atoms with Gasteiger partial charge in [0.25, 0.3) is 0 Å². The summed E-state index contributed by atoms with van der Waals surface area (Å²) in [5.74, 6) is 0. The number of carbonyl (C=O) groups excluding carboxylic acids is 1. The first-order chi connectivity index (χ1) is 7.20. The lowest BCUT2D eigenvalue weighted by molar-refractivity contribution is 0.204. The third-order valence-electron chi connectivity index (χ3n) is 2.59. The number of fused-ring (bicyclic) bond motifs is 1. The molecule has 1 aromatic heterocycles. The molecule has 0 spiro atoms. The molecule has 0 unspecified atom stereocenters. The van der Waals surface area contributed by atoms with E-state index < -0.39 is 0 Å². The maximum absolute atomic E-state index is 11.3. The van der Waals surface area contributed by atoms with Gasteiger partial charge >= 0.3 is 32.9 Å². The average molecular weight is 237 g/mol. The minimum absolute atomic E-state index is 0.267. The summed E-state index contributed by atoms with van der Waals surface area (Å²) in [6.07, 6.45) is 0. The summed E-state index contributed by atoms with van der Waals surface area (Å²) in [5, 5.41) is 4.42. The van der Waals surface area contributed by atoms with E-state index in [1.165, 1.54) is 0 Å². The van der Waals surface area contributed by atoms with Crippen LogP contribution in [0.5, 0.6) is 0 Å². The Morgan fingerprint density at radius 2 is 2.40 bits per heavy atom. The third kappa shape index (κ3) is 2.45. The van der Waals surface area contributed by atoms with Gasteiger partial charge in [0.2, 0.25) is 0 Å². The van der Waals surface area contributed by atoms with Gasteiger partial charge in [-0.15, -0.1) is 0 Å². The van der Waals surface area contributed by atoms with Crippen LogP contribution in [0.3, 0.4) is 0 Å². The van der Waals surface area contributed by atoms with Crippen LogP contribution in [0.2, 0.25) is 0 Å². The number of nitrogens with zero attached hydrogens (tertiary/aromatic N) is 3. The van der Waals surface area contributed by atoms with Gasteiger partial charge in [-0.25, -0.2) is 0 Å². The molecule has 0 aromatic carbocycles. The SMILES string of the molecule is O=[C]([AlH2])N1CCn2nc(C[O][AlH2])cc2C1. The fraction of sp³-hybridized carbons (Fsp3) is 0.500. The van der Waals surface area contributed by atoms with E-state index in [0.29, 0.717) is 29.4 Å². The molecular weight excluding hydrogens is 224 g/mol. The van der Waals surface area contributed by atoms with Crippen LogP contribution in [-0.4, -0.2) is 58.9 Å². The highest BCUT2D eigenvalue weighted by atomic mass is 27.1. The maximum Gasteiger partial charge on any atom is 0.410 e. The summed E-state index contributed by atoms with van der Waals surface area (Å²) >= 11 is 1.33. The average Bonchev–Trinajstić information content (AvgIpc) is 2.59. The van der Waals surface area contributed by atoms with E-state index in [2.05, 4.69) is 5.10 Å². The predicted molar refractivity (Wildman–Crippen MR) is 59.9 cm³/mol. The second-order valence-corrected chi connectivity index (χ2v) is 5.16. The molecule has 15 heavy (non-hydrogen) atoms. The summed E-state index contributed by atoms with van der Waals surface area (Å²) in [6, 6.07) is 2.04. The van der Waals surface area contributed by atoms with Crippen LogP contribution in [0.25, 0.3) is 0 Å². The quantitative estimate of drug-likeness (QED) is 0.589. The number of carbonyl (C=O) groups is 1. The van der Waals surface area contributed by atoms with Gasteiger partial charge in [-0.3, -0.25) is 9.48 Å². The van der Waals surface area contributed by atoms with Gasteiger partial charge in [0.15, 0.2) is 0 Å². The summed E-state index contributed by atoms with van der Waals surface area (Å²) in [4.78, 5) is 13.2. The smallest absolute Gasteiger partial charge is 0.410 e. The number of rotatable bonds is 2. The molecule has 1 aliphatic rings. The van der Waals surface area contributed by atoms with Gasteiger partial charge in [0.05, 0.1) is 31.1 Å². The monoisotopic (exact) mass is 237 g/mol. The Morgan fingerprint density at radius 3 is 3.07 bits per heavy atom. The van der Waals surface area contributed by atoms with Crippen molar-refractivity contribution in [2.75, 3.05) is 6.54 Å². The van der Waals surface area contributed by atoms with Crippen molar-refractivity contribution in [3.8, 4) is 0 Å². The summed E-state index contributed by atoms with van der Waals surface area (Å²) in [5.41, 5.74) is 2.10. The summed E-state index contributed by atoms with van der Waals surface area (Å²) in [6.45, 7) is 2.90. The number of aromatic nitrogens is 2. The zero-order valence-corrected chi connectivity index (χ0v) is 13.1. The molecule has 0 aliphatic carbocycles. The minimum Gasteiger partial charge on any atom is -0.501 e. The van der Waals surface area contributed by atoms with E-state index in [4.69, 9.17) is 3.79 Å². The van der Waals surface area contributed by atoms with Crippen LogP contribution in [0.4, 0.5) is 4.79 Å². The molecule has 0 saturated carbocycles. The Hall–Kier alpha value is -0.295. The van der Waals surface area contributed by atoms with Crippen LogP contribution >= 0.6 is 0 Å². The largest absolute Gasteiger partial charge is 0.501 e. The first-order valence-electron chi connectivity index (χ1n) is 5.01. The van der Waals surface area contributed by atoms with Crippen molar-refractivity contribution in [3.05, 3.63) is 17.5 Å². The molecule has 1 aliphatic heterocycles. The highest BCUT2D eigenvalue weighted by Gasteiger charge is 2.18. The van der Waals surface area contributed by atoms with Crippen molar-refractivity contribution in [3.63, 3.8) is 0 Å². The van der Waals surface area contributed by atoms with Gasteiger partial charge in [-0.05, 0) is 6.07 Å². The van der Waals surface area contributed by atoms with Crippen LogP contribution in [0.15, 0.2) is 6.07 Å². The van der Waals surface area contributed by atoms with Crippen molar-refractivity contribution >= 4 is 37.7 Å². The number of hydrogen-bond donors (Lipinski definition) is 0. The Labute approximate surface area is 105 Å². The van der Waals surface area contributed by atoms with Crippen molar-refractivity contribution < 1.29 is 8.58 Å². The van der Waals surface area contributed by atoms with Crippen molar-refractivity contribution in [1.29, 1.82) is 0 Å². The molecule has 0 atom stereocenters. The summed E-state index contributed by atoms with van der Waals surface area (Å²) < 4.78 is 7.42. The molecule has 0 bridgehead atoms. The third-order valence-corrected chi connectivity index (χ3v) is 3.51. The van der Waals surface area contributed by atoms with Crippen LogP contribution in [0.1, 0.15) is 11.4 Å². The van der Waals surface area contributed by atoms with E-state index >= 15 is 0 Å². The number of amides is 1. The molecule has 0 radical (unpaired) electrons. The Kier molecular flexibility index (Phi) is 3.51. The maximum atomic E-state index is 11.3. The molecule has 5 nitrogen and oxygen atoms in total. The standard InChI is InChI=1S/C8H9N3O2.2Al.4H/c12-5-7-3-8-4-10(6-13)1-2-11(8)9-7;;;;;;/h3H,1-2,4-5H2;;;;;;/q-1;;+1;;;;. The first kappa shape index (κ1) is 11.2. The molecule has 7 heteroatoms. The topological polar surface area (TPSA) is 47.4 Å². The van der Waals surface area contributed by atoms with Gasteiger partial charge in [0, 0.05) is 6.54 Å². The molecule has 0 N–H and O–H groups in total. The second-order valence-electron chi connectivity index (χ2n) is 3.72. The zero-order valence-electron chi connectivity index (χ0n) is 9.06. The van der Waals surface area contributed by atoms with Gasteiger partial charge in [-0.1, -0.05) is 0 Å². The Balaban J connectivity index is 2.15. The molecule has 2 heterocycles. The highest BCUT2D eigenvalue weighted by molar-refractivity contribution is 6.56. The zero-order chi connectivity index (χ0) is 10.8. The van der Waals surface area contributed by atoms with Gasteiger partial charge < -0.3 is 8.69 Å². The molecule has 1 amide bonds. The second kappa shape index (κ2) is 4.70. The number of hydrogen-bond acceptors (Lipinski definition) is 3. The first-order valence-corrected chi connectivity index (χ1v) is 6.82. The van der Waals surface area contributed by atoms with E-state index in [1.807, 2.05) is 15.6 Å². The molecule has 1 aromatic rings. The lowest BCUT2D eigenvalue weighted by atomic mass is 10.3. The molecule has 78 valence electrons. The van der Waals surface area contributed by atoms with E-state index in [-0.39, 0.29) is 4.77 Å². The molecule has 0 saturated heterocycles. The normalized spacial score (nSPS) is 15.1.